The van der Waals surface area contributed by atoms with E-state index in [4.69, 9.17) is 0 Å². The number of rotatable bonds is 3. The summed E-state index contributed by atoms with van der Waals surface area (Å²) in [7, 11) is 1.68. The van der Waals surface area contributed by atoms with E-state index in [1.807, 2.05) is 54.6 Å². The summed E-state index contributed by atoms with van der Waals surface area (Å²) in [6.07, 6.45) is 0.152. The van der Waals surface area contributed by atoms with Crippen LogP contribution in [0.1, 0.15) is 6.42 Å². The summed E-state index contributed by atoms with van der Waals surface area (Å²) in [5.41, 5.74) is 1.44. The Morgan fingerprint density at radius 3 is 2.56 bits per heavy atom. The molecule has 1 saturated heterocycles. The lowest BCUT2D eigenvalue weighted by Crippen LogP contribution is -2.43. The SMILES string of the molecule is CN1C(=O)CC(C(=O)Nc2ccccc2)SC1=Nc1ccc(Br)cc1. The van der Waals surface area contributed by atoms with Crippen LogP contribution in [0.25, 0.3) is 0 Å². The van der Waals surface area contributed by atoms with Crippen LogP contribution < -0.4 is 5.32 Å². The van der Waals surface area contributed by atoms with Gasteiger partial charge in [-0.25, -0.2) is 4.99 Å². The molecular formula is C18H16BrN3O2S. The van der Waals surface area contributed by atoms with Crippen LogP contribution in [-0.4, -0.2) is 34.2 Å². The molecule has 2 aromatic carbocycles. The minimum absolute atomic E-state index is 0.122. The standard InChI is InChI=1S/C18H16BrN3O2S/c1-22-16(23)11-15(17(24)20-13-5-3-2-4-6-13)25-18(22)21-14-9-7-12(19)8-10-14/h2-10,15H,11H2,1H3,(H,20,24). The van der Waals surface area contributed by atoms with Gasteiger partial charge in [0.2, 0.25) is 11.8 Å². The highest BCUT2D eigenvalue weighted by Gasteiger charge is 2.34. The molecule has 0 spiro atoms. The van der Waals surface area contributed by atoms with Crippen molar-refractivity contribution in [2.45, 2.75) is 11.7 Å². The van der Waals surface area contributed by atoms with Crippen molar-refractivity contribution in [3.8, 4) is 0 Å². The number of anilines is 1. The van der Waals surface area contributed by atoms with E-state index >= 15 is 0 Å². The number of nitrogens with one attached hydrogen (secondary N) is 1. The van der Waals surface area contributed by atoms with Gasteiger partial charge in [-0.15, -0.1) is 0 Å². The molecule has 25 heavy (non-hydrogen) atoms. The Bertz CT molecular complexity index is 809. The van der Waals surface area contributed by atoms with E-state index in [9.17, 15) is 9.59 Å². The van der Waals surface area contributed by atoms with E-state index in [1.165, 1.54) is 16.7 Å². The number of aliphatic imine (C=N–C) groups is 1. The lowest BCUT2D eigenvalue weighted by molar-refractivity contribution is -0.128. The Kier molecular flexibility index (Phi) is 5.55. The van der Waals surface area contributed by atoms with Crippen LogP contribution in [0.3, 0.4) is 0 Å². The summed E-state index contributed by atoms with van der Waals surface area (Å²) in [6.45, 7) is 0. The fourth-order valence-electron chi connectivity index (χ4n) is 2.27. The molecule has 5 nitrogen and oxygen atoms in total. The predicted octanol–water partition coefficient (Wildman–Crippen LogP) is 4.04. The predicted molar refractivity (Wildman–Crippen MR) is 105 cm³/mol. The molecule has 1 aliphatic heterocycles. The average molecular weight is 418 g/mol. The molecule has 128 valence electrons. The van der Waals surface area contributed by atoms with Gasteiger partial charge in [-0.05, 0) is 36.4 Å². The quantitative estimate of drug-likeness (QED) is 0.819. The molecule has 1 unspecified atom stereocenters. The number of halogens is 1. The van der Waals surface area contributed by atoms with Gasteiger partial charge in [0, 0.05) is 23.6 Å². The molecule has 0 radical (unpaired) electrons. The molecule has 0 aliphatic carbocycles. The molecule has 3 rings (SSSR count). The topological polar surface area (TPSA) is 61.8 Å². The van der Waals surface area contributed by atoms with Crippen molar-refractivity contribution in [3.63, 3.8) is 0 Å². The zero-order valence-electron chi connectivity index (χ0n) is 13.5. The van der Waals surface area contributed by atoms with Gasteiger partial charge in [-0.1, -0.05) is 45.9 Å². The van der Waals surface area contributed by atoms with Crippen molar-refractivity contribution in [1.29, 1.82) is 0 Å². The molecule has 0 bridgehead atoms. The van der Waals surface area contributed by atoms with Crippen molar-refractivity contribution in [2.24, 2.45) is 4.99 Å². The lowest BCUT2D eigenvalue weighted by Gasteiger charge is -2.28. The van der Waals surface area contributed by atoms with Gasteiger partial charge in [0.05, 0.1) is 5.69 Å². The first-order chi connectivity index (χ1) is 12.0. The molecule has 0 aromatic heterocycles. The van der Waals surface area contributed by atoms with Crippen LogP contribution in [0.2, 0.25) is 0 Å². The number of carbonyl (C=O) groups is 2. The number of para-hydroxylation sites is 1. The maximum atomic E-state index is 12.5. The third kappa shape index (κ3) is 4.49. The van der Waals surface area contributed by atoms with Crippen LogP contribution in [0.5, 0.6) is 0 Å². The molecule has 7 heteroatoms. The largest absolute Gasteiger partial charge is 0.325 e. The van der Waals surface area contributed by atoms with Crippen molar-refractivity contribution < 1.29 is 9.59 Å². The number of amides is 2. The number of hydrogen-bond donors (Lipinski definition) is 1. The van der Waals surface area contributed by atoms with Crippen LogP contribution >= 0.6 is 27.7 Å². The van der Waals surface area contributed by atoms with Crippen LogP contribution in [0, 0.1) is 0 Å². The fraction of sp³-hybridized carbons (Fsp3) is 0.167. The number of nitrogens with zero attached hydrogens (tertiary/aromatic N) is 2. The van der Waals surface area contributed by atoms with E-state index in [-0.39, 0.29) is 18.2 Å². The van der Waals surface area contributed by atoms with E-state index in [0.717, 1.165) is 10.2 Å². The monoisotopic (exact) mass is 417 g/mol. The second-order valence-corrected chi connectivity index (χ2v) is 7.58. The molecule has 0 saturated carbocycles. The highest BCUT2D eigenvalue weighted by Crippen LogP contribution is 2.29. The second-order valence-electron chi connectivity index (χ2n) is 5.49. The minimum Gasteiger partial charge on any atom is -0.325 e. The minimum atomic E-state index is -0.502. The van der Waals surface area contributed by atoms with Crippen molar-refractivity contribution >= 4 is 56.0 Å². The first-order valence-corrected chi connectivity index (χ1v) is 9.33. The Hall–Kier alpha value is -2.12. The van der Waals surface area contributed by atoms with Crippen LogP contribution in [0.15, 0.2) is 64.1 Å². The molecule has 1 fully saturated rings. The number of amidine groups is 1. The van der Waals surface area contributed by atoms with E-state index < -0.39 is 5.25 Å². The molecular weight excluding hydrogens is 402 g/mol. The van der Waals surface area contributed by atoms with Crippen molar-refractivity contribution in [2.75, 3.05) is 12.4 Å². The van der Waals surface area contributed by atoms with Gasteiger partial charge < -0.3 is 5.32 Å². The first-order valence-electron chi connectivity index (χ1n) is 7.66. The van der Waals surface area contributed by atoms with E-state index in [2.05, 4.69) is 26.2 Å². The van der Waals surface area contributed by atoms with Gasteiger partial charge in [0.25, 0.3) is 0 Å². The summed E-state index contributed by atoms with van der Waals surface area (Å²) in [5, 5.41) is 2.87. The number of hydrogen-bond acceptors (Lipinski definition) is 4. The van der Waals surface area contributed by atoms with Gasteiger partial charge in [0.15, 0.2) is 5.17 Å². The molecule has 1 N–H and O–H groups in total. The second kappa shape index (κ2) is 7.84. The highest BCUT2D eigenvalue weighted by molar-refractivity contribution is 9.10. The van der Waals surface area contributed by atoms with E-state index in [0.29, 0.717) is 10.9 Å². The summed E-state index contributed by atoms with van der Waals surface area (Å²) < 4.78 is 0.956. The Morgan fingerprint density at radius 1 is 1.20 bits per heavy atom. The Morgan fingerprint density at radius 2 is 1.88 bits per heavy atom. The maximum Gasteiger partial charge on any atom is 0.238 e. The third-order valence-electron chi connectivity index (χ3n) is 3.65. The van der Waals surface area contributed by atoms with Crippen molar-refractivity contribution in [1.82, 2.24) is 4.90 Å². The summed E-state index contributed by atoms with van der Waals surface area (Å²) >= 11 is 4.68. The smallest absolute Gasteiger partial charge is 0.238 e. The first kappa shape index (κ1) is 17.7. The number of carbonyl (C=O) groups excluding carboxylic acids is 2. The normalized spacial score (nSPS) is 19.1. The van der Waals surface area contributed by atoms with Gasteiger partial charge in [-0.3, -0.25) is 14.5 Å². The maximum absolute atomic E-state index is 12.5. The van der Waals surface area contributed by atoms with Crippen LogP contribution in [0.4, 0.5) is 11.4 Å². The lowest BCUT2D eigenvalue weighted by atomic mass is 10.2. The van der Waals surface area contributed by atoms with Crippen molar-refractivity contribution in [3.05, 3.63) is 59.1 Å². The molecule has 1 atom stereocenters. The molecule has 1 heterocycles. The Labute approximate surface area is 158 Å². The van der Waals surface area contributed by atoms with E-state index in [1.54, 1.807) is 7.05 Å². The van der Waals surface area contributed by atoms with Gasteiger partial charge in [-0.2, -0.15) is 0 Å². The highest BCUT2D eigenvalue weighted by atomic mass is 79.9. The number of benzene rings is 2. The summed E-state index contributed by atoms with van der Waals surface area (Å²) in [5.74, 6) is -0.316. The molecule has 1 aliphatic rings. The molecule has 2 aromatic rings. The number of thioether (sulfide) groups is 1. The van der Waals surface area contributed by atoms with Crippen LogP contribution in [-0.2, 0) is 9.59 Å². The summed E-state index contributed by atoms with van der Waals surface area (Å²) in [4.78, 5) is 30.8. The zero-order valence-corrected chi connectivity index (χ0v) is 15.9. The average Bonchev–Trinajstić information content (AvgIpc) is 2.61. The molecule has 2 amide bonds. The van der Waals surface area contributed by atoms with Gasteiger partial charge >= 0.3 is 0 Å². The van der Waals surface area contributed by atoms with Gasteiger partial charge in [0.1, 0.15) is 5.25 Å². The fourth-order valence-corrected chi connectivity index (χ4v) is 3.60. The zero-order chi connectivity index (χ0) is 17.8. The Balaban J connectivity index is 1.77. The third-order valence-corrected chi connectivity index (χ3v) is 5.42. The summed E-state index contributed by atoms with van der Waals surface area (Å²) in [6, 6.07) is 16.7.